The van der Waals surface area contributed by atoms with Crippen molar-refractivity contribution in [2.75, 3.05) is 62.2 Å². The maximum atomic E-state index is 14.5. The molecule has 0 unspecified atom stereocenters. The summed E-state index contributed by atoms with van der Waals surface area (Å²) in [6.45, 7) is 17.5. The van der Waals surface area contributed by atoms with Gasteiger partial charge in [0.15, 0.2) is 0 Å². The van der Waals surface area contributed by atoms with Crippen molar-refractivity contribution in [1.29, 1.82) is 0 Å². The second kappa shape index (κ2) is 15.3. The Morgan fingerprint density at radius 2 is 1.65 bits per heavy atom. The topological polar surface area (TPSA) is 145 Å². The first kappa shape index (κ1) is 39.8. The summed E-state index contributed by atoms with van der Waals surface area (Å²) in [5.41, 5.74) is 1.56. The number of ether oxygens (including phenoxy) is 1. The van der Waals surface area contributed by atoms with Crippen molar-refractivity contribution in [3.8, 4) is 0 Å². The average molecular weight is 761 g/mol. The van der Waals surface area contributed by atoms with Crippen molar-refractivity contribution in [2.45, 2.75) is 84.0 Å². The number of hydrogen-bond donors (Lipinski definition) is 1. The van der Waals surface area contributed by atoms with Gasteiger partial charge in [-0.2, -0.15) is 0 Å². The number of hydrogen-bond acceptors (Lipinski definition) is 10. The van der Waals surface area contributed by atoms with E-state index >= 15 is 0 Å². The normalized spacial score (nSPS) is 21.8. The highest BCUT2D eigenvalue weighted by Gasteiger charge is 2.44. The van der Waals surface area contributed by atoms with E-state index in [4.69, 9.17) is 4.74 Å². The molecule has 0 aliphatic carbocycles. The highest BCUT2D eigenvalue weighted by molar-refractivity contribution is 5.97. The summed E-state index contributed by atoms with van der Waals surface area (Å²) < 4.78 is 21.1. The van der Waals surface area contributed by atoms with Crippen molar-refractivity contribution in [3.63, 3.8) is 0 Å². The molecule has 0 spiro atoms. The first-order chi connectivity index (χ1) is 25.8. The van der Waals surface area contributed by atoms with Crippen LogP contribution in [0.25, 0.3) is 0 Å². The number of carbonyl (C=O) groups excluding carboxylic acids is 2. The second-order valence-corrected chi connectivity index (χ2v) is 16.9. The molecular formula is C40H53FN8O6. The number of nitrogens with zero attached hydrogens (tertiary/aromatic N) is 8. The Bertz CT molecular complexity index is 1980. The number of piperazine rings is 2. The van der Waals surface area contributed by atoms with E-state index in [1.165, 1.54) is 24.5 Å². The number of anilines is 2. The highest BCUT2D eigenvalue weighted by Crippen LogP contribution is 2.40. The largest absolute Gasteiger partial charge is 0.478 e. The molecule has 1 N–H and O–H groups in total. The van der Waals surface area contributed by atoms with Gasteiger partial charge in [-0.1, -0.05) is 26.0 Å². The van der Waals surface area contributed by atoms with E-state index in [1.807, 2.05) is 52.5 Å². The summed E-state index contributed by atoms with van der Waals surface area (Å²) in [5, 5.41) is 9.25. The van der Waals surface area contributed by atoms with Gasteiger partial charge in [0.1, 0.15) is 11.4 Å². The summed E-state index contributed by atoms with van der Waals surface area (Å²) >= 11 is 0. The molecule has 1 aromatic carbocycles. The lowest BCUT2D eigenvalue weighted by atomic mass is 9.90. The fourth-order valence-electron chi connectivity index (χ4n) is 8.14. The summed E-state index contributed by atoms with van der Waals surface area (Å²) in [6.07, 6.45) is 2.55. The fraction of sp³-hybridized carbons (Fsp3) is 0.550. The number of rotatable bonds is 8. The molecule has 2 fully saturated rings. The molecule has 3 atom stereocenters. The van der Waals surface area contributed by atoms with Crippen LogP contribution in [0.5, 0.6) is 0 Å². The molecule has 14 nitrogen and oxygen atoms in total. The maximum absolute atomic E-state index is 14.5. The van der Waals surface area contributed by atoms with Gasteiger partial charge in [0.2, 0.25) is 11.9 Å². The summed E-state index contributed by atoms with van der Waals surface area (Å²) in [5.74, 6) is -1.05. The van der Waals surface area contributed by atoms with Crippen LogP contribution in [-0.4, -0.2) is 128 Å². The van der Waals surface area contributed by atoms with Crippen molar-refractivity contribution >= 4 is 29.6 Å². The lowest BCUT2D eigenvalue weighted by Crippen LogP contribution is -2.65. The molecule has 3 aliphatic heterocycles. The van der Waals surface area contributed by atoms with E-state index in [0.717, 1.165) is 11.3 Å². The quantitative estimate of drug-likeness (QED) is 0.359. The maximum Gasteiger partial charge on any atom is 0.410 e. The predicted molar refractivity (Wildman–Crippen MR) is 206 cm³/mol. The Balaban J connectivity index is 1.23. The Hall–Kier alpha value is -4.89. The van der Waals surface area contributed by atoms with Gasteiger partial charge in [0, 0.05) is 101 Å². The first-order valence-corrected chi connectivity index (χ1v) is 18.9. The van der Waals surface area contributed by atoms with Gasteiger partial charge in [0.25, 0.3) is 5.56 Å². The van der Waals surface area contributed by atoms with Crippen LogP contribution in [0, 0.1) is 5.82 Å². The second-order valence-electron chi connectivity index (χ2n) is 16.9. The van der Waals surface area contributed by atoms with E-state index in [0.29, 0.717) is 69.4 Å². The minimum atomic E-state index is -1.08. The predicted octanol–water partition coefficient (Wildman–Crippen LogP) is 3.75. The van der Waals surface area contributed by atoms with Crippen molar-refractivity contribution in [3.05, 3.63) is 81.3 Å². The van der Waals surface area contributed by atoms with E-state index in [2.05, 4.69) is 26.7 Å². The standard InChI is InChI=1S/C40H53FN8O6/c1-25-19-46(37-42-17-29(18-43-37)36(52)53)14-13-45(25)21-31-22-48(38(54)55-39(3,4)5)26(2)20-47(31)23-33(50)49-24-40(6,7)34-32(49)16-28(35(51)44(34)8)15-27-9-11-30(41)12-10-27/h9-12,16-18,25-26,31H,13-15,19-24H2,1-8H3,(H,52,53)/t25-,26-,31+/m1/s1. The molecule has 296 valence electrons. The number of pyridine rings is 1. The average Bonchev–Trinajstić information content (AvgIpc) is 3.38. The van der Waals surface area contributed by atoms with Crippen LogP contribution in [0.3, 0.4) is 0 Å². The van der Waals surface area contributed by atoms with Gasteiger partial charge >= 0.3 is 12.1 Å². The number of carboxylic acid groups (broad SMARTS) is 1. The van der Waals surface area contributed by atoms with Gasteiger partial charge < -0.3 is 29.1 Å². The zero-order valence-electron chi connectivity index (χ0n) is 33.1. The smallest absolute Gasteiger partial charge is 0.410 e. The third kappa shape index (κ3) is 8.67. The third-order valence-corrected chi connectivity index (χ3v) is 10.9. The Labute approximate surface area is 321 Å². The number of carboxylic acids is 1. The number of carbonyl (C=O) groups is 3. The van der Waals surface area contributed by atoms with Crippen molar-refractivity contribution in [2.24, 2.45) is 7.05 Å². The minimum absolute atomic E-state index is 0.0293. The lowest BCUT2D eigenvalue weighted by Gasteiger charge is -2.48. The van der Waals surface area contributed by atoms with Crippen LogP contribution >= 0.6 is 0 Å². The van der Waals surface area contributed by atoms with Gasteiger partial charge in [0.05, 0.1) is 23.5 Å². The van der Waals surface area contributed by atoms with Crippen LogP contribution in [0.15, 0.2) is 47.5 Å². The van der Waals surface area contributed by atoms with Crippen LogP contribution < -0.4 is 15.4 Å². The molecule has 55 heavy (non-hydrogen) atoms. The molecule has 6 rings (SSSR count). The van der Waals surface area contributed by atoms with Gasteiger partial charge in [-0.3, -0.25) is 19.4 Å². The Kier molecular flexibility index (Phi) is 11.1. The van der Waals surface area contributed by atoms with E-state index < -0.39 is 17.0 Å². The molecule has 3 aromatic rings. The van der Waals surface area contributed by atoms with Gasteiger partial charge in [-0.15, -0.1) is 0 Å². The molecule has 2 amide bonds. The van der Waals surface area contributed by atoms with Crippen LogP contribution in [0.4, 0.5) is 20.8 Å². The first-order valence-electron chi connectivity index (χ1n) is 18.9. The molecule has 0 bridgehead atoms. The molecule has 0 saturated carbocycles. The van der Waals surface area contributed by atoms with Crippen LogP contribution in [-0.2, 0) is 28.4 Å². The van der Waals surface area contributed by atoms with Crippen LogP contribution in [0.1, 0.15) is 75.6 Å². The Morgan fingerprint density at radius 1 is 0.982 bits per heavy atom. The highest BCUT2D eigenvalue weighted by atomic mass is 19.1. The molecular weight excluding hydrogens is 707 g/mol. The summed E-state index contributed by atoms with van der Waals surface area (Å²) in [6, 6.07) is 7.57. The number of halogens is 1. The molecule has 15 heteroatoms. The fourth-order valence-corrected chi connectivity index (χ4v) is 8.14. The monoisotopic (exact) mass is 760 g/mol. The molecule has 2 saturated heterocycles. The zero-order chi connectivity index (χ0) is 40.0. The van der Waals surface area contributed by atoms with E-state index in [-0.39, 0.29) is 53.6 Å². The number of aromatic carboxylic acids is 1. The lowest BCUT2D eigenvalue weighted by molar-refractivity contribution is -0.121. The molecule has 2 aromatic heterocycles. The zero-order valence-corrected chi connectivity index (χ0v) is 33.1. The number of fused-ring (bicyclic) bond motifs is 1. The number of benzene rings is 1. The Morgan fingerprint density at radius 3 is 2.27 bits per heavy atom. The minimum Gasteiger partial charge on any atom is -0.478 e. The summed E-state index contributed by atoms with van der Waals surface area (Å²) in [4.78, 5) is 71.6. The van der Waals surface area contributed by atoms with Crippen LogP contribution in [0.2, 0.25) is 0 Å². The number of aromatic nitrogens is 3. The third-order valence-electron chi connectivity index (χ3n) is 10.9. The summed E-state index contributed by atoms with van der Waals surface area (Å²) in [7, 11) is 1.75. The molecule has 3 aliphatic rings. The van der Waals surface area contributed by atoms with Crippen molar-refractivity contribution in [1.82, 2.24) is 29.2 Å². The van der Waals surface area contributed by atoms with E-state index in [9.17, 15) is 28.7 Å². The number of amides is 2. The molecule has 5 heterocycles. The van der Waals surface area contributed by atoms with E-state index in [1.54, 1.807) is 33.5 Å². The van der Waals surface area contributed by atoms with Gasteiger partial charge in [-0.25, -0.2) is 23.9 Å². The van der Waals surface area contributed by atoms with Gasteiger partial charge in [-0.05, 0) is 58.4 Å². The SMILES string of the molecule is C[C@@H]1CN(c2ncc(C(=O)O)cn2)CCN1C[C@H]1CN(C(=O)OC(C)(C)C)[C@H](C)CN1CC(=O)N1CC(C)(C)c2c1cc(Cc1ccc(F)cc1)c(=O)n2C. The molecule has 0 radical (unpaired) electrons. The van der Waals surface area contributed by atoms with Crippen molar-refractivity contribution < 1.29 is 28.6 Å².